The predicted molar refractivity (Wildman–Crippen MR) is 152 cm³/mol. The molecule has 1 unspecified atom stereocenters. The van der Waals surface area contributed by atoms with Gasteiger partial charge in [-0.15, -0.1) is 11.3 Å². The highest BCUT2D eigenvalue weighted by Gasteiger charge is 2.20. The molecule has 0 aliphatic rings. The Hall–Kier alpha value is -4.36. The molecule has 12 nitrogen and oxygen atoms in total. The van der Waals surface area contributed by atoms with Crippen molar-refractivity contribution >= 4 is 35.0 Å². The second-order valence-corrected chi connectivity index (χ2v) is 11.3. The average Bonchev–Trinajstić information content (AvgIpc) is 3.57. The van der Waals surface area contributed by atoms with Crippen LogP contribution in [0.1, 0.15) is 46.6 Å². The van der Waals surface area contributed by atoms with E-state index in [2.05, 4.69) is 56.8 Å². The van der Waals surface area contributed by atoms with Crippen LogP contribution in [-0.2, 0) is 18.5 Å². The molecule has 2 amide bonds. The first-order valence-electron chi connectivity index (χ1n) is 12.6. The number of aryl methyl sites for hydroxylation is 1. The molecule has 0 spiro atoms. The van der Waals surface area contributed by atoms with Gasteiger partial charge in [-0.2, -0.15) is 5.10 Å². The van der Waals surface area contributed by atoms with Crippen LogP contribution in [0.25, 0.3) is 11.3 Å². The van der Waals surface area contributed by atoms with Crippen LogP contribution in [0.15, 0.2) is 49.1 Å². The number of amides is 2. The van der Waals surface area contributed by atoms with Crippen molar-refractivity contribution < 1.29 is 19.8 Å². The number of rotatable bonds is 10. The van der Waals surface area contributed by atoms with Crippen LogP contribution in [0.4, 0.5) is 16.4 Å². The number of aliphatic hydroxyl groups is 1. The minimum absolute atomic E-state index is 0.0982. The number of carboxylic acid groups (broad SMARTS) is 1. The zero-order valence-electron chi connectivity index (χ0n) is 22.7. The normalized spacial score (nSPS) is 12.1. The molecule has 0 radical (unpaired) electrons. The van der Waals surface area contributed by atoms with Gasteiger partial charge in [0.05, 0.1) is 48.0 Å². The fourth-order valence-electron chi connectivity index (χ4n) is 3.83. The van der Waals surface area contributed by atoms with Crippen LogP contribution >= 0.6 is 11.3 Å². The molecular formula is C27H32N8O4S. The van der Waals surface area contributed by atoms with Crippen molar-refractivity contribution in [2.45, 2.75) is 52.2 Å². The minimum atomic E-state index is -1.21. The number of carbonyl (C=O) groups is 2. The van der Waals surface area contributed by atoms with Gasteiger partial charge in [0, 0.05) is 29.9 Å². The van der Waals surface area contributed by atoms with Crippen LogP contribution in [0.5, 0.6) is 0 Å². The number of thiazole rings is 1. The highest BCUT2D eigenvalue weighted by Crippen LogP contribution is 2.27. The number of hydrogen-bond acceptors (Lipinski definition) is 9. The zero-order valence-corrected chi connectivity index (χ0v) is 23.5. The third-order valence-electron chi connectivity index (χ3n) is 5.95. The Morgan fingerprint density at radius 2 is 1.95 bits per heavy atom. The van der Waals surface area contributed by atoms with Gasteiger partial charge in [0.2, 0.25) is 5.95 Å². The van der Waals surface area contributed by atoms with E-state index in [0.29, 0.717) is 28.8 Å². The molecule has 3 aromatic heterocycles. The van der Waals surface area contributed by atoms with E-state index in [9.17, 15) is 14.7 Å². The van der Waals surface area contributed by atoms with Gasteiger partial charge in [-0.05, 0) is 30.2 Å². The first kappa shape index (κ1) is 28.6. The van der Waals surface area contributed by atoms with E-state index in [0.717, 1.165) is 21.7 Å². The maximum atomic E-state index is 12.6. The fourth-order valence-corrected chi connectivity index (χ4v) is 4.72. The topological polar surface area (TPSA) is 167 Å². The second-order valence-electron chi connectivity index (χ2n) is 10.3. The maximum Gasteiger partial charge on any atom is 0.405 e. The third-order valence-corrected chi connectivity index (χ3v) is 7.37. The molecule has 40 heavy (non-hydrogen) atoms. The Bertz CT molecular complexity index is 1490. The molecule has 0 saturated carbocycles. The summed E-state index contributed by atoms with van der Waals surface area (Å²) in [5, 5.41) is 31.7. The van der Waals surface area contributed by atoms with Gasteiger partial charge in [-0.3, -0.25) is 9.48 Å². The summed E-state index contributed by atoms with van der Waals surface area (Å²) in [6.45, 7) is 8.41. The van der Waals surface area contributed by atoms with Gasteiger partial charge in [0.1, 0.15) is 4.88 Å². The molecule has 5 N–H and O–H groups in total. The molecule has 1 aromatic carbocycles. The Morgan fingerprint density at radius 1 is 1.15 bits per heavy atom. The van der Waals surface area contributed by atoms with Crippen molar-refractivity contribution in [3.05, 3.63) is 70.1 Å². The summed E-state index contributed by atoms with van der Waals surface area (Å²) in [5.41, 5.74) is 4.14. The van der Waals surface area contributed by atoms with E-state index in [-0.39, 0.29) is 24.5 Å². The van der Waals surface area contributed by atoms with Crippen molar-refractivity contribution in [2.75, 3.05) is 11.9 Å². The lowest BCUT2D eigenvalue weighted by molar-refractivity contribution is 0.0954. The van der Waals surface area contributed by atoms with Gasteiger partial charge in [0.25, 0.3) is 5.91 Å². The van der Waals surface area contributed by atoms with Crippen LogP contribution in [0, 0.1) is 6.92 Å². The van der Waals surface area contributed by atoms with Gasteiger partial charge in [-0.1, -0.05) is 32.9 Å². The van der Waals surface area contributed by atoms with Crippen molar-refractivity contribution in [1.29, 1.82) is 0 Å². The molecule has 0 aliphatic heterocycles. The van der Waals surface area contributed by atoms with Crippen LogP contribution in [0.3, 0.4) is 0 Å². The van der Waals surface area contributed by atoms with Crippen molar-refractivity contribution in [3.63, 3.8) is 0 Å². The van der Waals surface area contributed by atoms with E-state index in [1.807, 2.05) is 31.2 Å². The molecular weight excluding hydrogens is 532 g/mol. The largest absolute Gasteiger partial charge is 0.465 e. The molecule has 4 rings (SSSR count). The van der Waals surface area contributed by atoms with E-state index < -0.39 is 12.1 Å². The molecule has 3 heterocycles. The van der Waals surface area contributed by atoms with Crippen molar-refractivity contribution in [2.24, 2.45) is 0 Å². The van der Waals surface area contributed by atoms with E-state index >= 15 is 0 Å². The first-order chi connectivity index (χ1) is 19.0. The Kier molecular flexibility index (Phi) is 8.75. The predicted octanol–water partition coefficient (Wildman–Crippen LogP) is 3.70. The number of nitrogens with one attached hydrogen (secondary N) is 3. The fraction of sp³-hybridized carbons (Fsp3) is 0.333. The number of aliphatic hydroxyl groups excluding tert-OH is 1. The van der Waals surface area contributed by atoms with E-state index in [1.165, 1.54) is 16.0 Å². The molecule has 0 bridgehead atoms. The third kappa shape index (κ3) is 7.39. The summed E-state index contributed by atoms with van der Waals surface area (Å²) in [4.78, 5) is 37.4. The molecule has 0 aliphatic carbocycles. The number of carbonyl (C=O) groups excluding carboxylic acids is 1. The first-order valence-corrected chi connectivity index (χ1v) is 13.4. The number of nitrogens with zero attached hydrogens (tertiary/aromatic N) is 5. The smallest absolute Gasteiger partial charge is 0.405 e. The van der Waals surface area contributed by atoms with Gasteiger partial charge < -0.3 is 26.2 Å². The highest BCUT2D eigenvalue weighted by atomic mass is 32.1. The monoisotopic (exact) mass is 564 g/mol. The number of aromatic nitrogens is 5. The molecule has 13 heteroatoms. The lowest BCUT2D eigenvalue weighted by atomic mass is 9.98. The molecule has 1 atom stereocenters. The van der Waals surface area contributed by atoms with Crippen molar-refractivity contribution in [1.82, 2.24) is 35.4 Å². The number of hydrogen-bond donors (Lipinski definition) is 5. The second kappa shape index (κ2) is 12.2. The Balaban J connectivity index is 1.38. The van der Waals surface area contributed by atoms with Gasteiger partial charge >= 0.3 is 6.09 Å². The molecule has 4 aromatic rings. The van der Waals surface area contributed by atoms with Gasteiger partial charge in [-0.25, -0.2) is 19.7 Å². The summed E-state index contributed by atoms with van der Waals surface area (Å²) >= 11 is 1.41. The van der Waals surface area contributed by atoms with Crippen LogP contribution in [-0.4, -0.2) is 59.6 Å². The van der Waals surface area contributed by atoms with E-state index in [4.69, 9.17) is 5.11 Å². The standard InChI is InChI=1S/C27H32N8O4S/c1-16-9-17(5-6-18(16)10-29-23(37)22-12-30-24(40-22)27(2,3)4)21-7-8-28-25(34-21)32-19-11-31-35(13-19)14-20(15-36)33-26(38)39/h5-9,11-13,20,33,36H,10,14-15H2,1-4H3,(H,29,37)(H,38,39)(H,28,32,34). The maximum absolute atomic E-state index is 12.6. The van der Waals surface area contributed by atoms with E-state index in [1.54, 1.807) is 24.8 Å². The summed E-state index contributed by atoms with van der Waals surface area (Å²) in [5.74, 6) is 0.226. The van der Waals surface area contributed by atoms with Crippen molar-refractivity contribution in [3.8, 4) is 11.3 Å². The Labute approximate surface area is 235 Å². The summed E-state index contributed by atoms with van der Waals surface area (Å²) in [7, 11) is 0. The highest BCUT2D eigenvalue weighted by molar-refractivity contribution is 7.13. The minimum Gasteiger partial charge on any atom is -0.465 e. The summed E-state index contributed by atoms with van der Waals surface area (Å²) in [6.07, 6.45) is 5.30. The van der Waals surface area contributed by atoms with Gasteiger partial charge in [0.15, 0.2) is 0 Å². The Morgan fingerprint density at radius 3 is 2.62 bits per heavy atom. The SMILES string of the molecule is Cc1cc(-c2ccnc(Nc3cnn(CC(CO)NC(=O)O)c3)n2)ccc1CNC(=O)c1cnc(C(C)(C)C)s1. The molecule has 210 valence electrons. The van der Waals surface area contributed by atoms with Crippen LogP contribution < -0.4 is 16.0 Å². The average molecular weight is 565 g/mol. The lowest BCUT2D eigenvalue weighted by Crippen LogP contribution is -2.39. The molecule has 0 fully saturated rings. The lowest BCUT2D eigenvalue weighted by Gasteiger charge is -2.13. The quantitative estimate of drug-likeness (QED) is 0.193. The molecule has 0 saturated heterocycles. The number of anilines is 2. The zero-order chi connectivity index (χ0) is 28.9. The summed E-state index contributed by atoms with van der Waals surface area (Å²) < 4.78 is 1.52. The summed E-state index contributed by atoms with van der Waals surface area (Å²) in [6, 6.07) is 7.07. The van der Waals surface area contributed by atoms with Crippen LogP contribution in [0.2, 0.25) is 0 Å². The number of benzene rings is 1.